The molecule has 2 aromatic carbocycles. The monoisotopic (exact) mass is 425 g/mol. The third kappa shape index (κ3) is 8.90. The molecule has 0 aliphatic carbocycles. The molecule has 0 bridgehead atoms. The summed E-state index contributed by atoms with van der Waals surface area (Å²) >= 11 is 0. The molecule has 2 rings (SSSR count). The Labute approximate surface area is 183 Å². The molecule has 0 atom stereocenters. The van der Waals surface area contributed by atoms with Crippen molar-refractivity contribution in [2.45, 2.75) is 59.3 Å². The van der Waals surface area contributed by atoms with Crippen LogP contribution in [-0.4, -0.2) is 29.3 Å². The Morgan fingerprint density at radius 3 is 1.77 bits per heavy atom. The summed E-state index contributed by atoms with van der Waals surface area (Å²) in [7, 11) is 0. The highest BCUT2D eigenvalue weighted by molar-refractivity contribution is 6.01. The first-order valence-electron chi connectivity index (χ1n) is 10.1. The number of rotatable bonds is 3. The predicted octanol–water partition coefficient (Wildman–Crippen LogP) is 5.26. The lowest BCUT2D eigenvalue weighted by Gasteiger charge is -2.22. The molecule has 166 valence electrons. The molecule has 0 radical (unpaired) electrons. The average Bonchev–Trinajstić information content (AvgIpc) is 2.64. The fourth-order valence-corrected chi connectivity index (χ4v) is 2.63. The van der Waals surface area contributed by atoms with Crippen molar-refractivity contribution in [1.82, 2.24) is 10.6 Å². The lowest BCUT2D eigenvalue weighted by Crippen LogP contribution is -2.47. The Kier molecular flexibility index (Phi) is 7.80. The molecule has 0 heterocycles. The van der Waals surface area contributed by atoms with Crippen LogP contribution in [0.15, 0.2) is 59.6 Å². The van der Waals surface area contributed by atoms with Gasteiger partial charge in [0.25, 0.3) is 0 Å². The zero-order valence-electron chi connectivity index (χ0n) is 19.0. The molecule has 2 N–H and O–H groups in total. The van der Waals surface area contributed by atoms with Crippen LogP contribution in [0.3, 0.4) is 0 Å². The minimum Gasteiger partial charge on any atom is -0.444 e. The summed E-state index contributed by atoms with van der Waals surface area (Å²) in [5.74, 6) is -0.0497. The van der Waals surface area contributed by atoms with Crippen molar-refractivity contribution < 1.29 is 19.1 Å². The first-order valence-corrected chi connectivity index (χ1v) is 10.1. The second-order valence-electron chi connectivity index (χ2n) is 8.94. The predicted molar refractivity (Wildman–Crippen MR) is 122 cm³/mol. The molecule has 0 unspecified atom stereocenters. The van der Waals surface area contributed by atoms with Gasteiger partial charge in [-0.1, -0.05) is 54.6 Å². The largest absolute Gasteiger partial charge is 0.444 e. The second kappa shape index (κ2) is 10.1. The van der Waals surface area contributed by atoms with Gasteiger partial charge in [-0.05, 0) is 58.2 Å². The van der Waals surface area contributed by atoms with Gasteiger partial charge in [0.05, 0.1) is 6.54 Å². The summed E-state index contributed by atoms with van der Waals surface area (Å²) in [6.07, 6.45) is -1.45. The van der Waals surface area contributed by atoms with E-state index in [9.17, 15) is 9.59 Å². The van der Waals surface area contributed by atoms with Crippen molar-refractivity contribution in [1.29, 1.82) is 0 Å². The van der Waals surface area contributed by atoms with Crippen LogP contribution in [0, 0.1) is 0 Å². The van der Waals surface area contributed by atoms with Crippen LogP contribution >= 0.6 is 0 Å². The van der Waals surface area contributed by atoms with E-state index in [-0.39, 0.29) is 12.5 Å². The number of ether oxygens (including phenoxy) is 2. The van der Waals surface area contributed by atoms with E-state index in [0.29, 0.717) is 0 Å². The number of guanidine groups is 1. The smallest absolute Gasteiger partial charge is 0.414 e. The molecule has 0 saturated carbocycles. The van der Waals surface area contributed by atoms with E-state index in [1.165, 1.54) is 0 Å². The highest BCUT2D eigenvalue weighted by Crippen LogP contribution is 2.24. The molecular formula is C24H31N3O4. The zero-order valence-corrected chi connectivity index (χ0v) is 19.0. The van der Waals surface area contributed by atoms with Crippen LogP contribution in [-0.2, 0) is 16.0 Å². The van der Waals surface area contributed by atoms with Crippen LogP contribution in [0.5, 0.6) is 0 Å². The number of nitrogens with one attached hydrogen (secondary N) is 2. The SMILES string of the molecule is CC(C)(C)OC(=O)NC(=NCc1ccccc1-c1ccccc1)NC(=O)OC(C)(C)C. The third-order valence-corrected chi connectivity index (χ3v) is 3.75. The first kappa shape index (κ1) is 23.9. The number of aliphatic imine (C=N–C) groups is 1. The highest BCUT2D eigenvalue weighted by Gasteiger charge is 2.21. The van der Waals surface area contributed by atoms with Crippen molar-refractivity contribution in [2.24, 2.45) is 4.99 Å². The van der Waals surface area contributed by atoms with E-state index in [1.807, 2.05) is 54.6 Å². The number of hydrogen-bond donors (Lipinski definition) is 2. The zero-order chi connectivity index (χ0) is 23.1. The Morgan fingerprint density at radius 2 is 1.26 bits per heavy atom. The van der Waals surface area contributed by atoms with Gasteiger partial charge in [-0.3, -0.25) is 10.6 Å². The van der Waals surface area contributed by atoms with E-state index in [1.54, 1.807) is 41.5 Å². The molecule has 0 fully saturated rings. The second-order valence-corrected chi connectivity index (χ2v) is 8.94. The Bertz CT molecular complexity index is 894. The maximum Gasteiger partial charge on any atom is 0.414 e. The molecule has 0 aliphatic rings. The summed E-state index contributed by atoms with van der Waals surface area (Å²) in [5, 5.41) is 4.99. The van der Waals surface area contributed by atoms with Gasteiger partial charge in [0.1, 0.15) is 11.2 Å². The lowest BCUT2D eigenvalue weighted by atomic mass is 10.00. The van der Waals surface area contributed by atoms with Crippen molar-refractivity contribution in [2.75, 3.05) is 0 Å². The van der Waals surface area contributed by atoms with Gasteiger partial charge >= 0.3 is 12.2 Å². The first-order chi connectivity index (χ1) is 14.4. The number of benzene rings is 2. The van der Waals surface area contributed by atoms with Crippen LogP contribution in [0.25, 0.3) is 11.1 Å². The van der Waals surface area contributed by atoms with E-state index in [2.05, 4.69) is 15.6 Å². The van der Waals surface area contributed by atoms with Crippen molar-refractivity contribution in [3.63, 3.8) is 0 Å². The molecule has 0 saturated heterocycles. The van der Waals surface area contributed by atoms with Gasteiger partial charge in [0.2, 0.25) is 5.96 Å². The van der Waals surface area contributed by atoms with Gasteiger partial charge in [0.15, 0.2) is 0 Å². The fraction of sp³-hybridized carbons (Fsp3) is 0.375. The van der Waals surface area contributed by atoms with Crippen LogP contribution < -0.4 is 10.6 Å². The fourth-order valence-electron chi connectivity index (χ4n) is 2.63. The summed E-state index contributed by atoms with van der Waals surface area (Å²) in [6.45, 7) is 10.7. The number of nitrogens with zero attached hydrogens (tertiary/aromatic N) is 1. The molecule has 2 aromatic rings. The van der Waals surface area contributed by atoms with E-state index in [0.717, 1.165) is 16.7 Å². The van der Waals surface area contributed by atoms with Gasteiger partial charge in [-0.2, -0.15) is 0 Å². The van der Waals surface area contributed by atoms with Crippen molar-refractivity contribution in [3.05, 3.63) is 60.2 Å². The number of carbonyl (C=O) groups is 2. The summed E-state index contributed by atoms with van der Waals surface area (Å²) in [4.78, 5) is 28.9. The molecule has 7 heteroatoms. The topological polar surface area (TPSA) is 89.0 Å². The van der Waals surface area contributed by atoms with Crippen LogP contribution in [0.1, 0.15) is 47.1 Å². The summed E-state index contributed by atoms with van der Waals surface area (Å²) in [5.41, 5.74) is 1.61. The Hall–Kier alpha value is -3.35. The van der Waals surface area contributed by atoms with Gasteiger partial charge in [-0.15, -0.1) is 0 Å². The molecular weight excluding hydrogens is 394 g/mol. The van der Waals surface area contributed by atoms with E-state index in [4.69, 9.17) is 9.47 Å². The van der Waals surface area contributed by atoms with Gasteiger partial charge in [0, 0.05) is 0 Å². The van der Waals surface area contributed by atoms with E-state index >= 15 is 0 Å². The molecule has 0 aliphatic heterocycles. The molecule has 0 aromatic heterocycles. The van der Waals surface area contributed by atoms with Crippen LogP contribution in [0.2, 0.25) is 0 Å². The molecule has 2 amide bonds. The Balaban J connectivity index is 2.25. The van der Waals surface area contributed by atoms with Gasteiger partial charge < -0.3 is 9.47 Å². The molecule has 7 nitrogen and oxygen atoms in total. The molecule has 31 heavy (non-hydrogen) atoms. The molecule has 0 spiro atoms. The van der Waals surface area contributed by atoms with Crippen molar-refractivity contribution >= 4 is 18.1 Å². The van der Waals surface area contributed by atoms with Crippen LogP contribution in [0.4, 0.5) is 9.59 Å². The number of carbonyl (C=O) groups excluding carboxylic acids is 2. The Morgan fingerprint density at radius 1 is 0.774 bits per heavy atom. The maximum absolute atomic E-state index is 12.2. The minimum atomic E-state index is -0.723. The number of hydrogen-bond acceptors (Lipinski definition) is 5. The summed E-state index contributed by atoms with van der Waals surface area (Å²) in [6, 6.07) is 17.7. The average molecular weight is 426 g/mol. The number of amides is 2. The summed E-state index contributed by atoms with van der Waals surface area (Å²) < 4.78 is 10.5. The van der Waals surface area contributed by atoms with Gasteiger partial charge in [-0.25, -0.2) is 14.6 Å². The lowest BCUT2D eigenvalue weighted by molar-refractivity contribution is 0.0545. The third-order valence-electron chi connectivity index (χ3n) is 3.75. The van der Waals surface area contributed by atoms with Crippen molar-refractivity contribution in [3.8, 4) is 11.1 Å². The quantitative estimate of drug-likeness (QED) is 0.519. The normalized spacial score (nSPS) is 11.3. The minimum absolute atomic E-state index is 0.0497. The maximum atomic E-state index is 12.2. The van der Waals surface area contributed by atoms with E-state index < -0.39 is 23.4 Å². The highest BCUT2D eigenvalue weighted by atomic mass is 16.6. The standard InChI is InChI=1S/C24H31N3O4/c1-23(2,3)30-21(28)26-20(27-22(29)31-24(4,5)6)25-16-18-14-10-11-15-19(18)17-12-8-7-9-13-17/h7-15H,16H2,1-6H3,(H2,25,26,27,28,29). The number of alkyl carbamates (subject to hydrolysis) is 2.